The Morgan fingerprint density at radius 3 is 2.64 bits per heavy atom. The van der Waals surface area contributed by atoms with E-state index in [0.717, 1.165) is 0 Å². The van der Waals surface area contributed by atoms with Crippen LogP contribution in [0.2, 0.25) is 0 Å². The van der Waals surface area contributed by atoms with Gasteiger partial charge in [-0.2, -0.15) is 5.26 Å². The Hall–Kier alpha value is -2.30. The lowest BCUT2D eigenvalue weighted by molar-refractivity contribution is 0.0128. The SMILES string of the molecule is CC(C)(C)OC(=O)NCC(O)C(O)c1cc(N)ccc1C#N. The monoisotopic (exact) mass is 307 g/mol. The van der Waals surface area contributed by atoms with E-state index in [1.54, 1.807) is 20.8 Å². The van der Waals surface area contributed by atoms with E-state index in [9.17, 15) is 15.0 Å². The van der Waals surface area contributed by atoms with Crippen LogP contribution in [0.1, 0.15) is 38.0 Å². The molecule has 0 spiro atoms. The number of rotatable bonds is 4. The van der Waals surface area contributed by atoms with Gasteiger partial charge in [-0.05, 0) is 39.0 Å². The number of amides is 1. The molecule has 7 nitrogen and oxygen atoms in total. The minimum absolute atomic E-state index is 0.206. The molecule has 0 saturated heterocycles. The van der Waals surface area contributed by atoms with Crippen LogP contribution in [0.5, 0.6) is 0 Å². The summed E-state index contributed by atoms with van der Waals surface area (Å²) in [5, 5.41) is 31.4. The number of nitrogens with one attached hydrogen (secondary N) is 1. The molecule has 1 aromatic carbocycles. The fraction of sp³-hybridized carbons (Fsp3) is 0.467. The fourth-order valence-corrected chi connectivity index (χ4v) is 1.75. The number of hydrogen-bond acceptors (Lipinski definition) is 6. The van der Waals surface area contributed by atoms with Gasteiger partial charge >= 0.3 is 6.09 Å². The number of aliphatic hydroxyl groups is 2. The third-order valence-electron chi connectivity index (χ3n) is 2.73. The molecular weight excluding hydrogens is 286 g/mol. The van der Waals surface area contributed by atoms with E-state index in [4.69, 9.17) is 15.7 Å². The zero-order valence-electron chi connectivity index (χ0n) is 12.8. The van der Waals surface area contributed by atoms with Crippen LogP contribution in [0, 0.1) is 11.3 Å². The van der Waals surface area contributed by atoms with Crippen molar-refractivity contribution in [2.75, 3.05) is 12.3 Å². The Balaban J connectivity index is 2.70. The summed E-state index contributed by atoms with van der Waals surface area (Å²) in [5.74, 6) is 0. The third-order valence-corrected chi connectivity index (χ3v) is 2.73. The quantitative estimate of drug-likeness (QED) is 0.616. The fourth-order valence-electron chi connectivity index (χ4n) is 1.75. The zero-order valence-corrected chi connectivity index (χ0v) is 12.8. The molecule has 120 valence electrons. The molecule has 5 N–H and O–H groups in total. The number of aliphatic hydroxyl groups excluding tert-OH is 2. The van der Waals surface area contributed by atoms with Crippen molar-refractivity contribution in [3.63, 3.8) is 0 Å². The second-order valence-corrected chi connectivity index (χ2v) is 5.85. The Bertz CT molecular complexity index is 575. The summed E-state index contributed by atoms with van der Waals surface area (Å²) in [6, 6.07) is 6.32. The molecule has 2 atom stereocenters. The molecule has 0 radical (unpaired) electrons. The Morgan fingerprint density at radius 2 is 2.09 bits per heavy atom. The van der Waals surface area contributed by atoms with Crippen LogP contribution in [-0.4, -0.2) is 34.6 Å². The largest absolute Gasteiger partial charge is 0.444 e. The normalized spacial score (nSPS) is 13.8. The van der Waals surface area contributed by atoms with Gasteiger partial charge in [-0.1, -0.05) is 0 Å². The molecule has 1 amide bonds. The second kappa shape index (κ2) is 7.11. The van der Waals surface area contributed by atoms with E-state index in [0.29, 0.717) is 5.69 Å². The highest BCUT2D eigenvalue weighted by Gasteiger charge is 2.23. The first-order valence-electron chi connectivity index (χ1n) is 6.76. The van der Waals surface area contributed by atoms with Gasteiger partial charge in [0, 0.05) is 17.8 Å². The highest BCUT2D eigenvalue weighted by Crippen LogP contribution is 2.23. The standard InChI is InChI=1S/C15H21N3O4/c1-15(2,3)22-14(21)18-8-12(19)13(20)11-6-10(17)5-4-9(11)7-16/h4-6,12-13,19-20H,8,17H2,1-3H3,(H,18,21). The van der Waals surface area contributed by atoms with Crippen molar-refractivity contribution in [3.05, 3.63) is 29.3 Å². The van der Waals surface area contributed by atoms with Crippen molar-refractivity contribution in [2.24, 2.45) is 0 Å². The van der Waals surface area contributed by atoms with Gasteiger partial charge in [0.25, 0.3) is 0 Å². The Labute approximate surface area is 129 Å². The lowest BCUT2D eigenvalue weighted by atomic mass is 9.98. The summed E-state index contributed by atoms with van der Waals surface area (Å²) in [5.41, 5.74) is 5.74. The van der Waals surface area contributed by atoms with Crippen molar-refractivity contribution in [2.45, 2.75) is 38.6 Å². The number of alkyl carbamates (subject to hydrolysis) is 1. The van der Waals surface area contributed by atoms with Crippen LogP contribution in [0.3, 0.4) is 0 Å². The van der Waals surface area contributed by atoms with Crippen LogP contribution >= 0.6 is 0 Å². The van der Waals surface area contributed by atoms with Crippen LogP contribution in [0.15, 0.2) is 18.2 Å². The number of ether oxygens (including phenoxy) is 1. The maximum absolute atomic E-state index is 11.5. The van der Waals surface area contributed by atoms with Gasteiger partial charge in [0.1, 0.15) is 17.8 Å². The number of nitriles is 1. The van der Waals surface area contributed by atoms with E-state index < -0.39 is 23.9 Å². The van der Waals surface area contributed by atoms with Gasteiger partial charge in [-0.15, -0.1) is 0 Å². The van der Waals surface area contributed by atoms with Gasteiger partial charge in [0.2, 0.25) is 0 Å². The number of carbonyl (C=O) groups is 1. The molecule has 0 aliphatic heterocycles. The average molecular weight is 307 g/mol. The number of anilines is 1. The van der Waals surface area contributed by atoms with Gasteiger partial charge in [-0.25, -0.2) is 4.79 Å². The van der Waals surface area contributed by atoms with Crippen LogP contribution in [0.4, 0.5) is 10.5 Å². The molecule has 0 aliphatic carbocycles. The number of benzene rings is 1. The number of nitrogens with two attached hydrogens (primary N) is 1. The molecule has 1 aromatic rings. The smallest absolute Gasteiger partial charge is 0.407 e. The summed E-state index contributed by atoms with van der Waals surface area (Å²) >= 11 is 0. The Kier molecular flexibility index (Phi) is 5.74. The highest BCUT2D eigenvalue weighted by molar-refractivity contribution is 5.67. The van der Waals surface area contributed by atoms with E-state index in [1.165, 1.54) is 18.2 Å². The second-order valence-electron chi connectivity index (χ2n) is 5.85. The van der Waals surface area contributed by atoms with Gasteiger partial charge in [0.05, 0.1) is 11.6 Å². The summed E-state index contributed by atoms with van der Waals surface area (Å²) in [7, 11) is 0. The molecule has 0 aliphatic rings. The number of carbonyl (C=O) groups excluding carboxylic acids is 1. The minimum atomic E-state index is -1.35. The number of nitrogens with zero attached hydrogens (tertiary/aromatic N) is 1. The lowest BCUT2D eigenvalue weighted by Gasteiger charge is -2.22. The summed E-state index contributed by atoms with van der Waals surface area (Å²) in [4.78, 5) is 11.5. The molecule has 1 rings (SSSR count). The number of nitrogen functional groups attached to an aromatic ring is 1. The minimum Gasteiger partial charge on any atom is -0.444 e. The third kappa shape index (κ3) is 5.24. The summed E-state index contributed by atoms with van der Waals surface area (Å²) in [6.07, 6.45) is -3.36. The molecule has 22 heavy (non-hydrogen) atoms. The maximum Gasteiger partial charge on any atom is 0.407 e. The first-order valence-corrected chi connectivity index (χ1v) is 6.76. The van der Waals surface area contributed by atoms with Crippen LogP contribution in [-0.2, 0) is 4.74 Å². The first kappa shape index (κ1) is 17.8. The molecular formula is C15H21N3O4. The van der Waals surface area contributed by atoms with Crippen LogP contribution in [0.25, 0.3) is 0 Å². The van der Waals surface area contributed by atoms with Crippen molar-refractivity contribution in [1.82, 2.24) is 5.32 Å². The topological polar surface area (TPSA) is 129 Å². The summed E-state index contributed by atoms with van der Waals surface area (Å²) in [6.45, 7) is 4.91. The van der Waals surface area contributed by atoms with Gasteiger partial charge in [0.15, 0.2) is 0 Å². The predicted octanol–water partition coefficient (Wildman–Crippen LogP) is 1.06. The molecule has 7 heteroatoms. The van der Waals surface area contributed by atoms with Crippen molar-refractivity contribution in [3.8, 4) is 6.07 Å². The first-order chi connectivity index (χ1) is 10.1. The predicted molar refractivity (Wildman–Crippen MR) is 80.8 cm³/mol. The maximum atomic E-state index is 11.5. The van der Waals surface area contributed by atoms with Gasteiger partial charge in [-0.3, -0.25) is 0 Å². The van der Waals surface area contributed by atoms with Crippen molar-refractivity contribution >= 4 is 11.8 Å². The van der Waals surface area contributed by atoms with E-state index in [1.807, 2.05) is 6.07 Å². The zero-order chi connectivity index (χ0) is 16.9. The number of hydrogen-bond donors (Lipinski definition) is 4. The Morgan fingerprint density at radius 1 is 1.45 bits per heavy atom. The lowest BCUT2D eigenvalue weighted by Crippen LogP contribution is -2.39. The molecule has 2 unspecified atom stereocenters. The molecule has 0 fully saturated rings. The van der Waals surface area contributed by atoms with Crippen LogP contribution < -0.4 is 11.1 Å². The molecule has 0 heterocycles. The molecule has 0 bridgehead atoms. The van der Waals surface area contributed by atoms with E-state index in [2.05, 4.69) is 5.32 Å². The molecule has 0 saturated carbocycles. The van der Waals surface area contributed by atoms with E-state index >= 15 is 0 Å². The van der Waals surface area contributed by atoms with Gasteiger partial charge < -0.3 is 26.0 Å². The van der Waals surface area contributed by atoms with E-state index in [-0.39, 0.29) is 17.7 Å². The highest BCUT2D eigenvalue weighted by atomic mass is 16.6. The molecule has 0 aromatic heterocycles. The van der Waals surface area contributed by atoms with Crippen molar-refractivity contribution < 1.29 is 19.7 Å². The average Bonchev–Trinajstić information content (AvgIpc) is 2.42. The van der Waals surface area contributed by atoms with Crippen molar-refractivity contribution in [1.29, 1.82) is 5.26 Å². The summed E-state index contributed by atoms with van der Waals surface area (Å²) < 4.78 is 5.02.